The fourth-order valence-corrected chi connectivity index (χ4v) is 3.23. The lowest BCUT2D eigenvalue weighted by molar-refractivity contribution is -0.121. The van der Waals surface area contributed by atoms with E-state index in [-0.39, 0.29) is 35.4 Å². The second kappa shape index (κ2) is 9.27. The summed E-state index contributed by atoms with van der Waals surface area (Å²) in [5, 5.41) is 2.88. The SMILES string of the molecule is COC(=O)c1c(CC(=O)NC(C)c2cc(OC)ccc2OC)[nH]c(C(C)=O)c1C. The Kier molecular flexibility index (Phi) is 7.03. The molecule has 1 atom stereocenters. The highest BCUT2D eigenvalue weighted by molar-refractivity contribution is 6.01. The molecule has 29 heavy (non-hydrogen) atoms. The lowest BCUT2D eigenvalue weighted by atomic mass is 10.0. The van der Waals surface area contributed by atoms with E-state index in [2.05, 4.69) is 10.3 Å². The van der Waals surface area contributed by atoms with Gasteiger partial charge in [0.2, 0.25) is 5.91 Å². The molecule has 1 unspecified atom stereocenters. The molecule has 8 heteroatoms. The van der Waals surface area contributed by atoms with Gasteiger partial charge in [0.25, 0.3) is 0 Å². The Morgan fingerprint density at radius 3 is 2.38 bits per heavy atom. The molecule has 0 spiro atoms. The number of aromatic nitrogens is 1. The maximum Gasteiger partial charge on any atom is 0.339 e. The van der Waals surface area contributed by atoms with Crippen molar-refractivity contribution >= 4 is 17.7 Å². The van der Waals surface area contributed by atoms with Crippen LogP contribution >= 0.6 is 0 Å². The first-order valence-corrected chi connectivity index (χ1v) is 9.05. The van der Waals surface area contributed by atoms with E-state index in [1.54, 1.807) is 39.3 Å². The van der Waals surface area contributed by atoms with Crippen LogP contribution in [0.3, 0.4) is 0 Å². The van der Waals surface area contributed by atoms with E-state index in [0.29, 0.717) is 22.8 Å². The Labute approximate surface area is 169 Å². The van der Waals surface area contributed by atoms with E-state index in [1.165, 1.54) is 14.0 Å². The average molecular weight is 402 g/mol. The molecule has 0 aliphatic heterocycles. The molecule has 1 aromatic carbocycles. The summed E-state index contributed by atoms with van der Waals surface area (Å²) >= 11 is 0. The van der Waals surface area contributed by atoms with Gasteiger partial charge in [0.15, 0.2) is 5.78 Å². The van der Waals surface area contributed by atoms with Gasteiger partial charge in [0.1, 0.15) is 11.5 Å². The number of ether oxygens (including phenoxy) is 3. The Morgan fingerprint density at radius 1 is 1.14 bits per heavy atom. The topological polar surface area (TPSA) is 107 Å². The normalized spacial score (nSPS) is 11.5. The van der Waals surface area contributed by atoms with Gasteiger partial charge in [0, 0.05) is 18.2 Å². The first-order valence-electron chi connectivity index (χ1n) is 9.05. The predicted octanol–water partition coefficient (Wildman–Crippen LogP) is 2.75. The monoisotopic (exact) mass is 402 g/mol. The number of hydrogen-bond donors (Lipinski definition) is 2. The van der Waals surface area contributed by atoms with Crippen molar-refractivity contribution in [3.05, 3.63) is 46.3 Å². The number of methoxy groups -OCH3 is 3. The van der Waals surface area contributed by atoms with Gasteiger partial charge in [-0.05, 0) is 37.6 Å². The number of benzene rings is 1. The number of nitrogens with one attached hydrogen (secondary N) is 2. The lowest BCUT2D eigenvalue weighted by Crippen LogP contribution is -2.29. The van der Waals surface area contributed by atoms with Crippen molar-refractivity contribution in [2.45, 2.75) is 33.2 Å². The van der Waals surface area contributed by atoms with E-state index in [1.807, 2.05) is 6.92 Å². The van der Waals surface area contributed by atoms with Crippen LogP contribution in [0.1, 0.15) is 57.6 Å². The van der Waals surface area contributed by atoms with E-state index in [0.717, 1.165) is 5.56 Å². The third-order valence-corrected chi connectivity index (χ3v) is 4.69. The van der Waals surface area contributed by atoms with Crippen LogP contribution in [0.2, 0.25) is 0 Å². The molecular weight excluding hydrogens is 376 g/mol. The largest absolute Gasteiger partial charge is 0.497 e. The average Bonchev–Trinajstić information content (AvgIpc) is 3.02. The van der Waals surface area contributed by atoms with Gasteiger partial charge < -0.3 is 24.5 Å². The number of aromatic amines is 1. The van der Waals surface area contributed by atoms with Crippen LogP contribution in [-0.4, -0.2) is 44.0 Å². The molecule has 156 valence electrons. The van der Waals surface area contributed by atoms with Crippen molar-refractivity contribution in [2.24, 2.45) is 0 Å². The molecule has 0 aliphatic rings. The minimum atomic E-state index is -0.600. The van der Waals surface area contributed by atoms with Crippen LogP contribution in [0.15, 0.2) is 18.2 Å². The highest BCUT2D eigenvalue weighted by Gasteiger charge is 2.25. The molecule has 1 aromatic heterocycles. The summed E-state index contributed by atoms with van der Waals surface area (Å²) < 4.78 is 15.4. The van der Waals surface area contributed by atoms with Gasteiger partial charge in [-0.25, -0.2) is 4.79 Å². The first-order chi connectivity index (χ1) is 13.7. The molecule has 2 rings (SSSR count). The quantitative estimate of drug-likeness (QED) is 0.519. The molecule has 2 N–H and O–H groups in total. The van der Waals surface area contributed by atoms with Crippen molar-refractivity contribution in [1.29, 1.82) is 0 Å². The number of hydrogen-bond acceptors (Lipinski definition) is 6. The first kappa shape index (κ1) is 22.0. The van der Waals surface area contributed by atoms with Gasteiger partial charge in [0.05, 0.1) is 45.0 Å². The Bertz CT molecular complexity index is 931. The molecule has 0 radical (unpaired) electrons. The minimum Gasteiger partial charge on any atom is -0.497 e. The van der Waals surface area contributed by atoms with Gasteiger partial charge in [-0.3, -0.25) is 9.59 Å². The predicted molar refractivity (Wildman–Crippen MR) is 107 cm³/mol. The second-order valence-electron chi connectivity index (χ2n) is 6.60. The lowest BCUT2D eigenvalue weighted by Gasteiger charge is -2.18. The van der Waals surface area contributed by atoms with Gasteiger partial charge in [-0.2, -0.15) is 0 Å². The van der Waals surface area contributed by atoms with Crippen molar-refractivity contribution < 1.29 is 28.6 Å². The van der Waals surface area contributed by atoms with Crippen molar-refractivity contribution in [1.82, 2.24) is 10.3 Å². The third-order valence-electron chi connectivity index (χ3n) is 4.69. The molecule has 0 saturated carbocycles. The van der Waals surface area contributed by atoms with Crippen molar-refractivity contribution in [3.8, 4) is 11.5 Å². The number of ketones is 1. The third kappa shape index (κ3) is 4.77. The molecule has 0 bridgehead atoms. The van der Waals surface area contributed by atoms with E-state index >= 15 is 0 Å². The molecule has 0 fully saturated rings. The van der Waals surface area contributed by atoms with Crippen LogP contribution in [-0.2, 0) is 16.0 Å². The highest BCUT2D eigenvalue weighted by Crippen LogP contribution is 2.29. The molecule has 1 heterocycles. The number of amides is 1. The number of carbonyl (C=O) groups excluding carboxylic acids is 3. The maximum absolute atomic E-state index is 12.7. The second-order valence-corrected chi connectivity index (χ2v) is 6.60. The van der Waals surface area contributed by atoms with Crippen LogP contribution < -0.4 is 14.8 Å². The molecule has 0 aliphatic carbocycles. The number of rotatable bonds is 8. The molecule has 1 amide bonds. The van der Waals surface area contributed by atoms with Crippen LogP contribution in [0, 0.1) is 6.92 Å². The zero-order valence-electron chi connectivity index (χ0n) is 17.5. The van der Waals surface area contributed by atoms with Crippen molar-refractivity contribution in [2.75, 3.05) is 21.3 Å². The summed E-state index contributed by atoms with van der Waals surface area (Å²) in [6.07, 6.45) is -0.116. The van der Waals surface area contributed by atoms with Crippen LogP contribution in [0.5, 0.6) is 11.5 Å². The summed E-state index contributed by atoms with van der Waals surface area (Å²) in [6, 6.07) is 4.94. The molecule has 0 saturated heterocycles. The minimum absolute atomic E-state index is 0.116. The van der Waals surface area contributed by atoms with Gasteiger partial charge >= 0.3 is 5.97 Å². The summed E-state index contributed by atoms with van der Waals surface area (Å²) in [7, 11) is 4.36. The summed E-state index contributed by atoms with van der Waals surface area (Å²) in [6.45, 7) is 4.85. The zero-order valence-corrected chi connectivity index (χ0v) is 17.5. The van der Waals surface area contributed by atoms with E-state index in [9.17, 15) is 14.4 Å². The summed E-state index contributed by atoms with van der Waals surface area (Å²) in [5.74, 6) is 0.0960. The molecule has 8 nitrogen and oxygen atoms in total. The highest BCUT2D eigenvalue weighted by atomic mass is 16.5. The van der Waals surface area contributed by atoms with Crippen LogP contribution in [0.25, 0.3) is 0 Å². The fraction of sp³-hybridized carbons (Fsp3) is 0.381. The zero-order chi connectivity index (χ0) is 21.7. The Hall–Kier alpha value is -3.29. The standard InChI is InChI=1S/C21H26N2O6/c1-11-19(21(26)29-6)16(23-20(11)13(3)24)10-18(25)22-12(2)15-9-14(27-4)7-8-17(15)28-5/h7-9,12,23H,10H2,1-6H3,(H,22,25). The Morgan fingerprint density at radius 2 is 1.83 bits per heavy atom. The Balaban J connectivity index is 2.26. The fourth-order valence-electron chi connectivity index (χ4n) is 3.23. The van der Waals surface area contributed by atoms with Crippen molar-refractivity contribution in [3.63, 3.8) is 0 Å². The van der Waals surface area contributed by atoms with Crippen LogP contribution in [0.4, 0.5) is 0 Å². The summed E-state index contributed by atoms with van der Waals surface area (Å²) in [4.78, 5) is 39.5. The number of Topliss-reactive ketones (excluding diaryl/α,β-unsaturated/α-hetero) is 1. The maximum atomic E-state index is 12.7. The number of H-pyrrole nitrogens is 1. The molecule has 2 aromatic rings. The molecular formula is C21H26N2O6. The number of esters is 1. The van der Waals surface area contributed by atoms with E-state index in [4.69, 9.17) is 14.2 Å². The number of carbonyl (C=O) groups is 3. The van der Waals surface area contributed by atoms with Gasteiger partial charge in [-0.1, -0.05) is 0 Å². The summed E-state index contributed by atoms with van der Waals surface area (Å²) in [5.41, 5.74) is 2.05. The van der Waals surface area contributed by atoms with Gasteiger partial charge in [-0.15, -0.1) is 0 Å². The van der Waals surface area contributed by atoms with E-state index < -0.39 is 5.97 Å². The smallest absolute Gasteiger partial charge is 0.339 e.